The summed E-state index contributed by atoms with van der Waals surface area (Å²) in [4.78, 5) is 81.0. The van der Waals surface area contributed by atoms with Crippen LogP contribution in [0.4, 0.5) is 11.4 Å². The number of amides is 3. The predicted molar refractivity (Wildman–Crippen MR) is 213 cm³/mol. The van der Waals surface area contributed by atoms with E-state index >= 15 is 0 Å². The minimum atomic E-state index is -1.25. The summed E-state index contributed by atoms with van der Waals surface area (Å²) in [6.07, 6.45) is 0.677. The van der Waals surface area contributed by atoms with Crippen molar-refractivity contribution in [2.75, 3.05) is 16.8 Å². The van der Waals surface area contributed by atoms with Gasteiger partial charge in [0.25, 0.3) is 17.7 Å². The second kappa shape index (κ2) is 12.3. The summed E-state index contributed by atoms with van der Waals surface area (Å²) in [7, 11) is 1.53. The van der Waals surface area contributed by atoms with E-state index in [-0.39, 0.29) is 58.7 Å². The van der Waals surface area contributed by atoms with Gasteiger partial charge < -0.3 is 15.1 Å². The average Bonchev–Trinajstić information content (AvgIpc) is 3.11. The van der Waals surface area contributed by atoms with Crippen molar-refractivity contribution >= 4 is 141 Å². The monoisotopic (exact) mass is 774 g/mol. The van der Waals surface area contributed by atoms with Crippen molar-refractivity contribution in [2.24, 2.45) is 0 Å². The Morgan fingerprint density at radius 1 is 0.623 bits per heavy atom. The van der Waals surface area contributed by atoms with Crippen LogP contribution in [0.2, 0.25) is 0 Å². The van der Waals surface area contributed by atoms with Gasteiger partial charge in [-0.2, -0.15) is 0 Å². The Balaban J connectivity index is 1.33. The van der Waals surface area contributed by atoms with Crippen molar-refractivity contribution in [1.82, 2.24) is 0 Å². The molecule has 0 fully saturated rings. The van der Waals surface area contributed by atoms with Gasteiger partial charge in [-0.25, -0.2) is 14.5 Å². The number of fused-ring (bicyclic) bond motifs is 2. The van der Waals surface area contributed by atoms with Crippen LogP contribution in [0.1, 0.15) is 62.1 Å². The third-order valence-corrected chi connectivity index (χ3v) is 11.1. The van der Waals surface area contributed by atoms with E-state index in [0.717, 1.165) is 4.90 Å². The molecule has 53 heavy (non-hydrogen) atoms. The zero-order chi connectivity index (χ0) is 37.8. The fourth-order valence-electron chi connectivity index (χ4n) is 7.37. The number of nitrogens with zero attached hydrogens (tertiary/aromatic N) is 2. The van der Waals surface area contributed by atoms with E-state index in [2.05, 4.69) is 50.5 Å². The van der Waals surface area contributed by atoms with Crippen LogP contribution in [0.3, 0.4) is 0 Å². The third-order valence-electron chi connectivity index (χ3n) is 9.70. The van der Waals surface area contributed by atoms with Crippen molar-refractivity contribution in [3.63, 3.8) is 0 Å². The van der Waals surface area contributed by atoms with Crippen LogP contribution in [0.25, 0.3) is 43.1 Å². The standard InChI is InChI=1S/C39H22N2O8S4/c1-40(16-10-25(50)33(38(46)47)26(51)11-16)35(43)22-7-4-19-21-6-9-24-32-23(8-5-20(31(21)32)18-3-2-15(14-42)29(22)30(18)19)36(44)41(37(24)45)17-12-27(52)34(39(48)49)28(53)13-17/h2-14,50-53H,1H3,(H,46,47)(H,48,49). The summed E-state index contributed by atoms with van der Waals surface area (Å²) in [5, 5.41) is 24.0. The summed E-state index contributed by atoms with van der Waals surface area (Å²) >= 11 is 17.2. The van der Waals surface area contributed by atoms with Crippen molar-refractivity contribution in [1.29, 1.82) is 0 Å². The molecule has 14 heteroatoms. The zero-order valence-corrected chi connectivity index (χ0v) is 30.6. The lowest BCUT2D eigenvalue weighted by atomic mass is 9.83. The molecule has 0 aliphatic carbocycles. The minimum Gasteiger partial charge on any atom is -0.478 e. The zero-order valence-electron chi connectivity index (χ0n) is 27.0. The number of aldehydes is 1. The van der Waals surface area contributed by atoms with Gasteiger partial charge in [-0.3, -0.25) is 19.2 Å². The lowest BCUT2D eigenvalue weighted by Gasteiger charge is -2.29. The van der Waals surface area contributed by atoms with Crippen LogP contribution in [-0.4, -0.2) is 53.2 Å². The fraction of sp³-hybridized carbons (Fsp3) is 0.0256. The van der Waals surface area contributed by atoms with Crippen molar-refractivity contribution in [3.8, 4) is 0 Å². The first kappa shape index (κ1) is 34.5. The van der Waals surface area contributed by atoms with Crippen LogP contribution in [-0.2, 0) is 0 Å². The number of carboxylic acids is 2. The summed E-state index contributed by atoms with van der Waals surface area (Å²) in [5.74, 6) is -4.17. The maximum Gasteiger partial charge on any atom is 0.337 e. The number of carboxylic acid groups (broad SMARTS) is 2. The van der Waals surface area contributed by atoms with Gasteiger partial charge in [0.15, 0.2) is 6.29 Å². The quantitative estimate of drug-likeness (QED) is 0.0326. The smallest absolute Gasteiger partial charge is 0.337 e. The van der Waals surface area contributed by atoms with Gasteiger partial charge in [-0.1, -0.05) is 30.3 Å². The van der Waals surface area contributed by atoms with E-state index in [4.69, 9.17) is 0 Å². The molecule has 0 bridgehead atoms. The van der Waals surface area contributed by atoms with E-state index in [1.807, 2.05) is 0 Å². The SMILES string of the molecule is CN(C(=O)c1ccc2c3ccc4c5c(ccc(c6ccc(C=O)c1c62)c53)C(=O)N(c1cc(S)c(C(=O)O)c(S)c1)C4=O)c1cc(S)c(C(=O)O)c(S)c1. The molecule has 3 amide bonds. The number of imide groups is 1. The van der Waals surface area contributed by atoms with E-state index in [9.17, 15) is 39.0 Å². The van der Waals surface area contributed by atoms with Gasteiger partial charge in [0.05, 0.1) is 16.8 Å². The van der Waals surface area contributed by atoms with Crippen molar-refractivity contribution in [3.05, 3.63) is 106 Å². The molecule has 2 N–H and O–H groups in total. The highest BCUT2D eigenvalue weighted by Crippen LogP contribution is 2.46. The van der Waals surface area contributed by atoms with Crippen LogP contribution in [0.5, 0.6) is 0 Å². The molecule has 260 valence electrons. The van der Waals surface area contributed by atoms with E-state index in [1.165, 1.54) is 36.2 Å². The normalized spacial score (nSPS) is 12.7. The number of hydrogen-bond donors (Lipinski definition) is 6. The van der Waals surface area contributed by atoms with Crippen LogP contribution in [0.15, 0.2) is 92.4 Å². The van der Waals surface area contributed by atoms with Crippen LogP contribution >= 0.6 is 50.5 Å². The Bertz CT molecular complexity index is 2790. The van der Waals surface area contributed by atoms with Crippen LogP contribution in [0, 0.1) is 0 Å². The second-order valence-corrected chi connectivity index (χ2v) is 14.4. The summed E-state index contributed by atoms with van der Waals surface area (Å²) in [6, 6.07) is 19.1. The maximum atomic E-state index is 14.2. The lowest BCUT2D eigenvalue weighted by Crippen LogP contribution is -2.40. The topological polar surface area (TPSA) is 149 Å². The molecule has 8 rings (SSSR count). The van der Waals surface area contributed by atoms with E-state index in [0.29, 0.717) is 55.1 Å². The molecule has 0 atom stereocenters. The van der Waals surface area contributed by atoms with Gasteiger partial charge in [0.1, 0.15) is 0 Å². The molecule has 0 radical (unpaired) electrons. The fourth-order valence-corrected chi connectivity index (χ4v) is 8.94. The summed E-state index contributed by atoms with van der Waals surface area (Å²) < 4.78 is 0. The molecule has 1 aliphatic rings. The van der Waals surface area contributed by atoms with Crippen molar-refractivity contribution in [2.45, 2.75) is 19.6 Å². The molecule has 0 saturated heterocycles. The first-order valence-electron chi connectivity index (χ1n) is 15.7. The molecule has 7 aromatic rings. The molecule has 1 aliphatic heterocycles. The largest absolute Gasteiger partial charge is 0.478 e. The van der Waals surface area contributed by atoms with Gasteiger partial charge in [-0.05, 0) is 74.8 Å². The Morgan fingerprint density at radius 3 is 1.53 bits per heavy atom. The predicted octanol–water partition coefficient (Wildman–Crippen LogP) is 8.18. The molecule has 10 nitrogen and oxygen atoms in total. The van der Waals surface area contributed by atoms with Gasteiger partial charge in [0.2, 0.25) is 0 Å². The number of anilines is 2. The third kappa shape index (κ3) is 4.93. The highest BCUT2D eigenvalue weighted by atomic mass is 32.1. The molecule has 0 unspecified atom stereocenters. The highest BCUT2D eigenvalue weighted by molar-refractivity contribution is 7.81. The molecule has 0 spiro atoms. The molecule has 7 aromatic carbocycles. The first-order valence-corrected chi connectivity index (χ1v) is 17.4. The lowest BCUT2D eigenvalue weighted by molar-refractivity contribution is 0.0678. The number of carbonyl (C=O) groups is 6. The minimum absolute atomic E-state index is 0.0362. The second-order valence-electron chi connectivity index (χ2n) is 12.4. The molecular formula is C39H22N2O8S4. The summed E-state index contributed by atoms with van der Waals surface area (Å²) in [5.41, 5.74) is 1.18. The number of carbonyl (C=O) groups excluding carboxylic acids is 4. The molecule has 0 aromatic heterocycles. The van der Waals surface area contributed by atoms with E-state index in [1.54, 1.807) is 48.5 Å². The van der Waals surface area contributed by atoms with E-state index < -0.39 is 29.7 Å². The Morgan fingerprint density at radius 2 is 1.06 bits per heavy atom. The Hall–Kier alpha value is -5.54. The molecule has 0 saturated carbocycles. The molecule has 1 heterocycles. The molecular weight excluding hydrogens is 753 g/mol. The van der Waals surface area contributed by atoms with Gasteiger partial charge >= 0.3 is 11.9 Å². The van der Waals surface area contributed by atoms with Gasteiger partial charge in [0, 0.05) is 65.3 Å². The number of thiol groups is 4. The van der Waals surface area contributed by atoms with Crippen LogP contribution < -0.4 is 9.80 Å². The summed E-state index contributed by atoms with van der Waals surface area (Å²) in [6.45, 7) is 0. The van der Waals surface area contributed by atoms with Gasteiger partial charge in [-0.15, -0.1) is 50.5 Å². The van der Waals surface area contributed by atoms with Crippen molar-refractivity contribution < 1.29 is 39.0 Å². The first-order chi connectivity index (χ1) is 25.2. The highest BCUT2D eigenvalue weighted by Gasteiger charge is 2.36. The number of hydrogen-bond acceptors (Lipinski definition) is 10. The number of aromatic carboxylic acids is 2. The Labute approximate surface area is 320 Å². The number of rotatable bonds is 6. The average molecular weight is 775 g/mol. The maximum absolute atomic E-state index is 14.2. The number of benzene rings is 7. The Kier molecular flexibility index (Phi) is 8.00.